The summed E-state index contributed by atoms with van der Waals surface area (Å²) in [4.78, 5) is 1.04. The van der Waals surface area contributed by atoms with Gasteiger partial charge in [-0.1, -0.05) is 19.9 Å². The van der Waals surface area contributed by atoms with Gasteiger partial charge < -0.3 is 10.1 Å². The van der Waals surface area contributed by atoms with Crippen LogP contribution in [0, 0.1) is 5.82 Å². The van der Waals surface area contributed by atoms with Crippen molar-refractivity contribution in [3.63, 3.8) is 0 Å². The average molecular weight is 271 g/mol. The molecule has 0 amide bonds. The topological polar surface area (TPSA) is 21.3 Å². The van der Waals surface area contributed by atoms with E-state index in [-0.39, 0.29) is 5.82 Å². The molecule has 0 heterocycles. The molecule has 0 fully saturated rings. The molecule has 1 N–H and O–H groups in total. The first kappa shape index (κ1) is 15.5. The van der Waals surface area contributed by atoms with Gasteiger partial charge in [-0.3, -0.25) is 0 Å². The van der Waals surface area contributed by atoms with Crippen LogP contribution in [0.4, 0.5) is 4.39 Å². The molecule has 18 heavy (non-hydrogen) atoms. The highest BCUT2D eigenvalue weighted by atomic mass is 32.2. The van der Waals surface area contributed by atoms with E-state index in [4.69, 9.17) is 4.74 Å². The molecule has 102 valence electrons. The Balaban J connectivity index is 2.67. The quantitative estimate of drug-likeness (QED) is 0.578. The first-order chi connectivity index (χ1) is 8.69. The van der Waals surface area contributed by atoms with E-state index in [1.807, 2.05) is 6.07 Å². The Labute approximate surface area is 113 Å². The third-order valence-corrected chi connectivity index (χ3v) is 4.14. The molecule has 0 radical (unpaired) electrons. The molecule has 0 spiro atoms. The summed E-state index contributed by atoms with van der Waals surface area (Å²) in [5.74, 6) is -0.131. The molecule has 2 nitrogen and oxygen atoms in total. The fourth-order valence-electron chi connectivity index (χ4n) is 1.51. The smallest absolute Gasteiger partial charge is 0.128 e. The van der Waals surface area contributed by atoms with Crippen LogP contribution in [-0.2, 0) is 11.3 Å². The number of hydrogen-bond acceptors (Lipinski definition) is 3. The van der Waals surface area contributed by atoms with Crippen LogP contribution in [-0.4, -0.2) is 25.5 Å². The van der Waals surface area contributed by atoms with Crippen molar-refractivity contribution in [1.82, 2.24) is 5.32 Å². The second-order valence-corrected chi connectivity index (χ2v) is 5.70. The number of hydrogen-bond donors (Lipinski definition) is 1. The van der Waals surface area contributed by atoms with Crippen molar-refractivity contribution in [1.29, 1.82) is 0 Å². The van der Waals surface area contributed by atoms with E-state index in [1.165, 1.54) is 6.07 Å². The number of rotatable bonds is 8. The zero-order valence-corrected chi connectivity index (χ0v) is 12.1. The van der Waals surface area contributed by atoms with Crippen LogP contribution in [0.3, 0.4) is 0 Å². The second kappa shape index (κ2) is 8.51. The largest absolute Gasteiger partial charge is 0.383 e. The van der Waals surface area contributed by atoms with Gasteiger partial charge in [-0.15, -0.1) is 11.8 Å². The number of ether oxygens (including phenoxy) is 1. The van der Waals surface area contributed by atoms with Gasteiger partial charge in [0.15, 0.2) is 0 Å². The lowest BCUT2D eigenvalue weighted by atomic mass is 10.2. The van der Waals surface area contributed by atoms with Gasteiger partial charge in [0.2, 0.25) is 0 Å². The number of halogens is 1. The summed E-state index contributed by atoms with van der Waals surface area (Å²) in [5, 5.41) is 3.70. The predicted octanol–water partition coefficient (Wildman–Crippen LogP) is 3.45. The van der Waals surface area contributed by atoms with E-state index < -0.39 is 0 Å². The van der Waals surface area contributed by atoms with Crippen LogP contribution in [0.1, 0.15) is 25.8 Å². The van der Waals surface area contributed by atoms with Crippen molar-refractivity contribution >= 4 is 11.8 Å². The summed E-state index contributed by atoms with van der Waals surface area (Å²) < 4.78 is 18.8. The molecule has 0 aliphatic rings. The molecule has 1 unspecified atom stereocenters. The van der Waals surface area contributed by atoms with Crippen molar-refractivity contribution in [3.05, 3.63) is 29.6 Å². The van der Waals surface area contributed by atoms with E-state index in [2.05, 4.69) is 19.2 Å². The highest BCUT2D eigenvalue weighted by Crippen LogP contribution is 2.29. The molecule has 0 saturated heterocycles. The van der Waals surface area contributed by atoms with Gasteiger partial charge in [0.05, 0.1) is 6.61 Å². The van der Waals surface area contributed by atoms with Gasteiger partial charge in [-0.25, -0.2) is 4.39 Å². The maximum Gasteiger partial charge on any atom is 0.128 e. The summed E-state index contributed by atoms with van der Waals surface area (Å²) >= 11 is 1.74. The standard InChI is InChI=1S/C14H22FNOS/c1-4-11(2)18-14-7-5-6-13(15)12(14)10-16-8-9-17-3/h5-7,11,16H,4,8-10H2,1-3H3. The van der Waals surface area contributed by atoms with Crippen LogP contribution in [0.25, 0.3) is 0 Å². The summed E-state index contributed by atoms with van der Waals surface area (Å²) in [6.45, 7) is 6.24. The Bertz CT molecular complexity index is 360. The first-order valence-corrected chi connectivity index (χ1v) is 7.20. The van der Waals surface area contributed by atoms with Gasteiger partial charge in [0, 0.05) is 35.9 Å². The monoisotopic (exact) mass is 271 g/mol. The van der Waals surface area contributed by atoms with E-state index in [0.717, 1.165) is 23.4 Å². The van der Waals surface area contributed by atoms with Gasteiger partial charge in [0.25, 0.3) is 0 Å². The van der Waals surface area contributed by atoms with Gasteiger partial charge >= 0.3 is 0 Å². The lowest BCUT2D eigenvalue weighted by Crippen LogP contribution is -2.19. The van der Waals surface area contributed by atoms with Crippen LogP contribution < -0.4 is 5.32 Å². The maximum absolute atomic E-state index is 13.8. The molecule has 0 saturated carbocycles. The molecule has 1 rings (SSSR count). The van der Waals surface area contributed by atoms with E-state index in [0.29, 0.717) is 18.4 Å². The van der Waals surface area contributed by atoms with Crippen molar-refractivity contribution in [2.24, 2.45) is 0 Å². The minimum absolute atomic E-state index is 0.131. The van der Waals surface area contributed by atoms with E-state index >= 15 is 0 Å². The SMILES string of the molecule is CCC(C)Sc1cccc(F)c1CNCCOC. The van der Waals surface area contributed by atoms with Crippen molar-refractivity contribution in [2.75, 3.05) is 20.3 Å². The van der Waals surface area contributed by atoms with Crippen LogP contribution >= 0.6 is 11.8 Å². The predicted molar refractivity (Wildman–Crippen MR) is 75.6 cm³/mol. The van der Waals surface area contributed by atoms with Crippen molar-refractivity contribution in [3.8, 4) is 0 Å². The van der Waals surface area contributed by atoms with Crippen LogP contribution in [0.5, 0.6) is 0 Å². The Morgan fingerprint density at radius 1 is 1.44 bits per heavy atom. The molecule has 1 aromatic carbocycles. The highest BCUT2D eigenvalue weighted by molar-refractivity contribution is 8.00. The lowest BCUT2D eigenvalue weighted by molar-refractivity contribution is 0.199. The molecular formula is C14H22FNOS. The Kier molecular flexibility index (Phi) is 7.32. The molecule has 0 aliphatic heterocycles. The van der Waals surface area contributed by atoms with E-state index in [1.54, 1.807) is 24.9 Å². The molecule has 0 aliphatic carbocycles. The third kappa shape index (κ3) is 4.96. The van der Waals surface area contributed by atoms with Gasteiger partial charge in [-0.2, -0.15) is 0 Å². The molecule has 1 aromatic rings. The molecular weight excluding hydrogens is 249 g/mol. The average Bonchev–Trinajstić information content (AvgIpc) is 2.37. The zero-order valence-electron chi connectivity index (χ0n) is 11.3. The van der Waals surface area contributed by atoms with Gasteiger partial charge in [0.1, 0.15) is 5.82 Å². The Hall–Kier alpha value is -0.580. The Morgan fingerprint density at radius 2 is 2.22 bits per heavy atom. The summed E-state index contributed by atoms with van der Waals surface area (Å²) in [6, 6.07) is 5.29. The highest BCUT2D eigenvalue weighted by Gasteiger charge is 2.11. The number of methoxy groups -OCH3 is 1. The minimum Gasteiger partial charge on any atom is -0.383 e. The van der Waals surface area contributed by atoms with Crippen LogP contribution in [0.2, 0.25) is 0 Å². The Morgan fingerprint density at radius 3 is 2.89 bits per heavy atom. The van der Waals surface area contributed by atoms with E-state index in [9.17, 15) is 4.39 Å². The van der Waals surface area contributed by atoms with Crippen LogP contribution in [0.15, 0.2) is 23.1 Å². The minimum atomic E-state index is -0.131. The third-order valence-electron chi connectivity index (χ3n) is 2.76. The lowest BCUT2D eigenvalue weighted by Gasteiger charge is -2.14. The second-order valence-electron chi connectivity index (χ2n) is 4.22. The molecule has 4 heteroatoms. The zero-order chi connectivity index (χ0) is 13.4. The number of benzene rings is 1. The summed E-state index contributed by atoms with van der Waals surface area (Å²) in [5.41, 5.74) is 0.763. The fraction of sp³-hybridized carbons (Fsp3) is 0.571. The first-order valence-electron chi connectivity index (χ1n) is 6.32. The fourth-order valence-corrected chi connectivity index (χ4v) is 2.58. The van der Waals surface area contributed by atoms with Crippen molar-refractivity contribution in [2.45, 2.75) is 37.0 Å². The molecule has 1 atom stereocenters. The normalized spacial score (nSPS) is 12.7. The van der Waals surface area contributed by atoms with Crippen molar-refractivity contribution < 1.29 is 9.13 Å². The number of nitrogens with one attached hydrogen (secondary N) is 1. The molecule has 0 aromatic heterocycles. The maximum atomic E-state index is 13.8. The molecule has 0 bridgehead atoms. The number of thioether (sulfide) groups is 1. The van der Waals surface area contributed by atoms with Gasteiger partial charge in [-0.05, 0) is 18.6 Å². The summed E-state index contributed by atoms with van der Waals surface area (Å²) in [7, 11) is 1.66. The summed E-state index contributed by atoms with van der Waals surface area (Å²) in [6.07, 6.45) is 1.08.